The van der Waals surface area contributed by atoms with Gasteiger partial charge in [0.2, 0.25) is 5.91 Å². The summed E-state index contributed by atoms with van der Waals surface area (Å²) in [6.07, 6.45) is 0. The molecular weight excluding hydrogens is 328 g/mol. The fourth-order valence-electron chi connectivity index (χ4n) is 2.39. The van der Waals surface area contributed by atoms with Crippen LogP contribution in [-0.2, 0) is 4.79 Å². The highest BCUT2D eigenvalue weighted by Crippen LogP contribution is 2.27. The van der Waals surface area contributed by atoms with Crippen LogP contribution in [0.25, 0.3) is 0 Å². The SMILES string of the molecule is COc1ccc(Cl)cc1NCC(=O)NC(C)c1ccccc1OC. The van der Waals surface area contributed by atoms with Crippen LogP contribution in [-0.4, -0.2) is 26.7 Å². The molecule has 0 saturated carbocycles. The van der Waals surface area contributed by atoms with Gasteiger partial charge in [-0.25, -0.2) is 0 Å². The summed E-state index contributed by atoms with van der Waals surface area (Å²) < 4.78 is 10.6. The molecule has 128 valence electrons. The summed E-state index contributed by atoms with van der Waals surface area (Å²) in [5.41, 5.74) is 1.60. The number of carbonyl (C=O) groups excluding carboxylic acids is 1. The highest BCUT2D eigenvalue weighted by atomic mass is 35.5. The lowest BCUT2D eigenvalue weighted by molar-refractivity contribution is -0.120. The number of ether oxygens (including phenoxy) is 2. The van der Waals surface area contributed by atoms with Gasteiger partial charge in [0.15, 0.2) is 0 Å². The van der Waals surface area contributed by atoms with E-state index in [4.69, 9.17) is 21.1 Å². The van der Waals surface area contributed by atoms with Gasteiger partial charge in [0.1, 0.15) is 11.5 Å². The Morgan fingerprint density at radius 1 is 1.12 bits per heavy atom. The zero-order valence-corrected chi connectivity index (χ0v) is 14.7. The molecule has 0 aromatic heterocycles. The van der Waals surface area contributed by atoms with Crippen LogP contribution in [0.1, 0.15) is 18.5 Å². The second kappa shape index (κ2) is 8.45. The molecule has 0 bridgehead atoms. The average molecular weight is 349 g/mol. The molecule has 0 aliphatic rings. The van der Waals surface area contributed by atoms with Crippen LogP contribution in [0.15, 0.2) is 42.5 Å². The molecule has 1 amide bonds. The normalized spacial score (nSPS) is 11.5. The van der Waals surface area contributed by atoms with Gasteiger partial charge in [0.05, 0.1) is 32.5 Å². The molecule has 1 unspecified atom stereocenters. The molecule has 2 aromatic carbocycles. The highest BCUT2D eigenvalue weighted by molar-refractivity contribution is 6.30. The largest absolute Gasteiger partial charge is 0.496 e. The van der Waals surface area contributed by atoms with Crippen LogP contribution in [0.3, 0.4) is 0 Å². The number of nitrogens with one attached hydrogen (secondary N) is 2. The van der Waals surface area contributed by atoms with Crippen molar-refractivity contribution in [2.24, 2.45) is 0 Å². The summed E-state index contributed by atoms with van der Waals surface area (Å²) in [5.74, 6) is 1.23. The van der Waals surface area contributed by atoms with Crippen LogP contribution >= 0.6 is 11.6 Å². The molecule has 5 nitrogen and oxygen atoms in total. The van der Waals surface area contributed by atoms with Gasteiger partial charge in [-0.3, -0.25) is 4.79 Å². The van der Waals surface area contributed by atoms with E-state index in [9.17, 15) is 4.79 Å². The topological polar surface area (TPSA) is 59.6 Å². The van der Waals surface area contributed by atoms with Gasteiger partial charge in [-0.1, -0.05) is 29.8 Å². The third kappa shape index (κ3) is 4.55. The maximum absolute atomic E-state index is 12.2. The molecule has 6 heteroatoms. The average Bonchev–Trinajstić information content (AvgIpc) is 2.60. The van der Waals surface area contributed by atoms with Gasteiger partial charge in [-0.05, 0) is 31.2 Å². The zero-order valence-electron chi connectivity index (χ0n) is 13.9. The Hall–Kier alpha value is -2.40. The van der Waals surface area contributed by atoms with Crippen LogP contribution in [0.4, 0.5) is 5.69 Å². The number of benzene rings is 2. The summed E-state index contributed by atoms with van der Waals surface area (Å²) >= 11 is 5.98. The Bertz CT molecular complexity index is 706. The molecule has 0 spiro atoms. The van der Waals surface area contributed by atoms with E-state index in [1.165, 1.54) is 0 Å². The standard InChI is InChI=1S/C18H21ClN2O3/c1-12(14-6-4-5-7-16(14)23-2)21-18(22)11-20-15-10-13(19)8-9-17(15)24-3/h4-10,12,20H,11H2,1-3H3,(H,21,22). The van der Waals surface area contributed by atoms with Crippen molar-refractivity contribution in [1.29, 1.82) is 0 Å². The zero-order chi connectivity index (χ0) is 17.5. The number of rotatable bonds is 7. The molecule has 24 heavy (non-hydrogen) atoms. The minimum Gasteiger partial charge on any atom is -0.496 e. The second-order valence-electron chi connectivity index (χ2n) is 5.23. The van der Waals surface area contributed by atoms with E-state index < -0.39 is 0 Å². The smallest absolute Gasteiger partial charge is 0.239 e. The monoisotopic (exact) mass is 348 g/mol. The fourth-order valence-corrected chi connectivity index (χ4v) is 2.56. The number of para-hydroxylation sites is 1. The van der Waals surface area contributed by atoms with Gasteiger partial charge in [-0.15, -0.1) is 0 Å². The lowest BCUT2D eigenvalue weighted by atomic mass is 10.1. The van der Waals surface area contributed by atoms with Gasteiger partial charge in [-0.2, -0.15) is 0 Å². The van der Waals surface area contributed by atoms with Crippen molar-refractivity contribution in [2.75, 3.05) is 26.1 Å². The number of hydrogen-bond acceptors (Lipinski definition) is 4. The number of anilines is 1. The van der Waals surface area contributed by atoms with Gasteiger partial charge in [0.25, 0.3) is 0 Å². The Morgan fingerprint density at radius 2 is 1.83 bits per heavy atom. The van der Waals surface area contributed by atoms with Crippen molar-refractivity contribution >= 4 is 23.2 Å². The van der Waals surface area contributed by atoms with Gasteiger partial charge in [0, 0.05) is 10.6 Å². The highest BCUT2D eigenvalue weighted by Gasteiger charge is 2.14. The minimum absolute atomic E-state index is 0.107. The molecule has 2 rings (SSSR count). The Labute approximate surface area is 146 Å². The number of amides is 1. The Morgan fingerprint density at radius 3 is 2.54 bits per heavy atom. The first-order chi connectivity index (χ1) is 11.5. The number of carbonyl (C=O) groups is 1. The van der Waals surface area contributed by atoms with Crippen molar-refractivity contribution in [3.63, 3.8) is 0 Å². The Balaban J connectivity index is 1.97. The van der Waals surface area contributed by atoms with Crippen LogP contribution < -0.4 is 20.1 Å². The van der Waals surface area contributed by atoms with Crippen LogP contribution in [0, 0.1) is 0 Å². The van der Waals surface area contributed by atoms with Crippen LogP contribution in [0.5, 0.6) is 11.5 Å². The van der Waals surface area contributed by atoms with E-state index in [0.717, 1.165) is 11.3 Å². The van der Waals surface area contributed by atoms with Crippen molar-refractivity contribution in [2.45, 2.75) is 13.0 Å². The summed E-state index contributed by atoms with van der Waals surface area (Å²) in [6, 6.07) is 12.6. The summed E-state index contributed by atoms with van der Waals surface area (Å²) in [6.45, 7) is 2.02. The molecule has 0 saturated heterocycles. The van der Waals surface area contributed by atoms with E-state index in [-0.39, 0.29) is 18.5 Å². The maximum atomic E-state index is 12.2. The predicted octanol–water partition coefficient (Wildman–Crippen LogP) is 3.65. The first-order valence-electron chi connectivity index (χ1n) is 7.55. The molecule has 2 aromatic rings. The fraction of sp³-hybridized carbons (Fsp3) is 0.278. The third-order valence-electron chi connectivity index (χ3n) is 3.58. The minimum atomic E-state index is -0.170. The van der Waals surface area contributed by atoms with Gasteiger partial charge >= 0.3 is 0 Å². The molecule has 2 N–H and O–H groups in total. The molecule has 0 aliphatic carbocycles. The molecule has 1 atom stereocenters. The second-order valence-corrected chi connectivity index (χ2v) is 5.67. The van der Waals surface area contributed by atoms with Crippen molar-refractivity contribution in [3.05, 3.63) is 53.1 Å². The van der Waals surface area contributed by atoms with Crippen molar-refractivity contribution in [1.82, 2.24) is 5.32 Å². The first-order valence-corrected chi connectivity index (χ1v) is 7.92. The summed E-state index contributed by atoms with van der Waals surface area (Å²) in [7, 11) is 3.18. The summed E-state index contributed by atoms with van der Waals surface area (Å²) in [4.78, 5) is 12.2. The third-order valence-corrected chi connectivity index (χ3v) is 3.82. The number of halogens is 1. The van der Waals surface area contributed by atoms with Crippen molar-refractivity contribution in [3.8, 4) is 11.5 Å². The molecule has 0 aliphatic heterocycles. The van der Waals surface area contributed by atoms with Gasteiger partial charge < -0.3 is 20.1 Å². The van der Waals surface area contributed by atoms with E-state index >= 15 is 0 Å². The maximum Gasteiger partial charge on any atom is 0.239 e. The molecule has 0 radical (unpaired) electrons. The van der Waals surface area contributed by atoms with Crippen LogP contribution in [0.2, 0.25) is 5.02 Å². The van der Waals surface area contributed by atoms with E-state index in [0.29, 0.717) is 16.5 Å². The quantitative estimate of drug-likeness (QED) is 0.802. The lowest BCUT2D eigenvalue weighted by Gasteiger charge is -2.18. The number of hydrogen-bond donors (Lipinski definition) is 2. The van der Waals surface area contributed by atoms with Crippen molar-refractivity contribution < 1.29 is 14.3 Å². The molecule has 0 fully saturated rings. The van der Waals surface area contributed by atoms with E-state index in [2.05, 4.69) is 10.6 Å². The summed E-state index contributed by atoms with van der Waals surface area (Å²) in [5, 5.41) is 6.55. The number of methoxy groups -OCH3 is 2. The lowest BCUT2D eigenvalue weighted by Crippen LogP contribution is -2.32. The predicted molar refractivity (Wildman–Crippen MR) is 96.0 cm³/mol. The molecular formula is C18H21ClN2O3. The first kappa shape index (κ1) is 17.9. The molecule has 0 heterocycles. The van der Waals surface area contributed by atoms with E-state index in [1.807, 2.05) is 31.2 Å². The van der Waals surface area contributed by atoms with E-state index in [1.54, 1.807) is 32.4 Å². The Kier molecular flexibility index (Phi) is 6.32.